The Bertz CT molecular complexity index is 316. The first kappa shape index (κ1) is 9.76. The largest absolute Gasteiger partial charge is 0.491 e. The van der Waals surface area contributed by atoms with Crippen molar-refractivity contribution in [3.05, 3.63) is 23.5 Å². The minimum Gasteiger partial charge on any atom is -0.491 e. The second kappa shape index (κ2) is 3.59. The Morgan fingerprint density at radius 1 is 1.38 bits per heavy atom. The van der Waals surface area contributed by atoms with Crippen LogP contribution < -0.4 is 4.74 Å². The number of aromatic nitrogens is 1. The summed E-state index contributed by atoms with van der Waals surface area (Å²) >= 11 is 0. The molecule has 0 aliphatic rings. The second-order valence-corrected chi connectivity index (χ2v) is 2.14. The number of halogens is 4. The highest BCUT2D eigenvalue weighted by Gasteiger charge is 2.23. The number of nitrogens with zero attached hydrogens (tertiary/aromatic N) is 1. The first-order chi connectivity index (χ1) is 6.07. The van der Waals surface area contributed by atoms with E-state index in [-0.39, 0.29) is 0 Å². The van der Waals surface area contributed by atoms with Gasteiger partial charge in [0.2, 0.25) is 0 Å². The fourth-order valence-corrected chi connectivity index (χ4v) is 0.859. The molecule has 2 nitrogen and oxygen atoms in total. The van der Waals surface area contributed by atoms with Crippen LogP contribution in [0.3, 0.4) is 0 Å². The Morgan fingerprint density at radius 3 is 2.38 bits per heavy atom. The fourth-order valence-electron chi connectivity index (χ4n) is 0.859. The standard InChI is InChI=1S/C7H5F4NO/c1-13-5-4(6(9)10)3(8)2-12-7(5)11/h2,6H,1H3. The summed E-state index contributed by atoms with van der Waals surface area (Å²) < 4.78 is 53.9. The van der Waals surface area contributed by atoms with E-state index in [1.165, 1.54) is 0 Å². The Labute approximate surface area is 71.2 Å². The Hall–Kier alpha value is -1.33. The molecule has 0 spiro atoms. The zero-order valence-corrected chi connectivity index (χ0v) is 6.52. The summed E-state index contributed by atoms with van der Waals surface area (Å²) in [7, 11) is 0.964. The highest BCUT2D eigenvalue weighted by molar-refractivity contribution is 5.33. The average Bonchev–Trinajstić information content (AvgIpc) is 2.07. The molecule has 0 saturated carbocycles. The van der Waals surface area contributed by atoms with E-state index >= 15 is 0 Å². The molecule has 1 rings (SSSR count). The molecule has 0 saturated heterocycles. The van der Waals surface area contributed by atoms with Gasteiger partial charge in [0.25, 0.3) is 12.4 Å². The highest BCUT2D eigenvalue weighted by atomic mass is 19.3. The molecule has 0 atom stereocenters. The summed E-state index contributed by atoms with van der Waals surface area (Å²) in [6.07, 6.45) is -2.74. The third-order valence-electron chi connectivity index (χ3n) is 1.40. The van der Waals surface area contributed by atoms with Gasteiger partial charge in [0.1, 0.15) is 5.56 Å². The molecular weight excluding hydrogens is 190 g/mol. The molecule has 1 heterocycles. The zero-order chi connectivity index (χ0) is 10.0. The van der Waals surface area contributed by atoms with Crippen molar-refractivity contribution in [3.63, 3.8) is 0 Å². The number of alkyl halides is 2. The molecule has 0 aromatic carbocycles. The fraction of sp³-hybridized carbons (Fsp3) is 0.286. The van der Waals surface area contributed by atoms with Gasteiger partial charge in [-0.25, -0.2) is 18.2 Å². The van der Waals surface area contributed by atoms with Crippen LogP contribution in [0.1, 0.15) is 12.0 Å². The topological polar surface area (TPSA) is 22.1 Å². The van der Waals surface area contributed by atoms with Crippen LogP contribution in [0, 0.1) is 11.8 Å². The smallest absolute Gasteiger partial charge is 0.270 e. The predicted octanol–water partition coefficient (Wildman–Crippen LogP) is 2.31. The van der Waals surface area contributed by atoms with Crippen molar-refractivity contribution in [1.29, 1.82) is 0 Å². The lowest BCUT2D eigenvalue weighted by atomic mass is 10.2. The number of methoxy groups -OCH3 is 1. The van der Waals surface area contributed by atoms with E-state index in [1.54, 1.807) is 0 Å². The van der Waals surface area contributed by atoms with Crippen LogP contribution in [0.4, 0.5) is 17.6 Å². The van der Waals surface area contributed by atoms with E-state index in [1.807, 2.05) is 0 Å². The number of ether oxygens (including phenoxy) is 1. The average molecular weight is 195 g/mol. The second-order valence-electron chi connectivity index (χ2n) is 2.14. The van der Waals surface area contributed by atoms with Crippen LogP contribution in [0.5, 0.6) is 5.75 Å². The molecule has 1 aromatic heterocycles. The van der Waals surface area contributed by atoms with E-state index in [9.17, 15) is 17.6 Å². The maximum absolute atomic E-state index is 12.7. The van der Waals surface area contributed by atoms with Gasteiger partial charge < -0.3 is 4.74 Å². The number of rotatable bonds is 2. The summed E-state index contributed by atoms with van der Waals surface area (Å²) in [6, 6.07) is 0. The van der Waals surface area contributed by atoms with Crippen molar-refractivity contribution >= 4 is 0 Å². The minimum absolute atomic E-state index is 0.388. The van der Waals surface area contributed by atoms with Crippen LogP contribution in [-0.2, 0) is 0 Å². The van der Waals surface area contributed by atoms with Gasteiger partial charge in [0.15, 0.2) is 11.6 Å². The van der Waals surface area contributed by atoms with Crippen molar-refractivity contribution < 1.29 is 22.3 Å². The maximum atomic E-state index is 12.7. The van der Waals surface area contributed by atoms with Gasteiger partial charge in [-0.3, -0.25) is 0 Å². The molecule has 0 radical (unpaired) electrons. The molecule has 13 heavy (non-hydrogen) atoms. The van der Waals surface area contributed by atoms with E-state index in [2.05, 4.69) is 9.72 Å². The van der Waals surface area contributed by atoms with Crippen molar-refractivity contribution in [2.24, 2.45) is 0 Å². The minimum atomic E-state index is -3.13. The lowest BCUT2D eigenvalue weighted by Crippen LogP contribution is -2.01. The molecule has 0 aliphatic heterocycles. The molecule has 0 N–H and O–H groups in total. The van der Waals surface area contributed by atoms with Crippen LogP contribution in [0.25, 0.3) is 0 Å². The van der Waals surface area contributed by atoms with Gasteiger partial charge in [-0.2, -0.15) is 4.39 Å². The van der Waals surface area contributed by atoms with E-state index in [0.29, 0.717) is 6.20 Å². The van der Waals surface area contributed by atoms with Gasteiger partial charge >= 0.3 is 0 Å². The molecule has 6 heteroatoms. The number of hydrogen-bond acceptors (Lipinski definition) is 2. The van der Waals surface area contributed by atoms with Crippen LogP contribution in [0.2, 0.25) is 0 Å². The summed E-state index contributed by atoms with van der Waals surface area (Å²) in [6.45, 7) is 0. The zero-order valence-electron chi connectivity index (χ0n) is 6.52. The Balaban J connectivity index is 3.35. The predicted molar refractivity (Wildman–Crippen MR) is 35.7 cm³/mol. The molecule has 0 bridgehead atoms. The van der Waals surface area contributed by atoms with Gasteiger partial charge in [0.05, 0.1) is 13.3 Å². The SMILES string of the molecule is COc1c(F)ncc(F)c1C(F)F. The van der Waals surface area contributed by atoms with Crippen molar-refractivity contribution in [3.8, 4) is 5.75 Å². The van der Waals surface area contributed by atoms with Crippen LogP contribution in [-0.4, -0.2) is 12.1 Å². The quantitative estimate of drug-likeness (QED) is 0.533. The molecular formula is C7H5F4NO. The number of hydrogen-bond donors (Lipinski definition) is 0. The van der Waals surface area contributed by atoms with Crippen LogP contribution in [0.15, 0.2) is 6.20 Å². The summed E-state index contributed by atoms with van der Waals surface area (Å²) in [4.78, 5) is 2.89. The monoisotopic (exact) mass is 195 g/mol. The summed E-state index contributed by atoms with van der Waals surface area (Å²) in [5.74, 6) is -3.39. The Morgan fingerprint density at radius 2 is 2.00 bits per heavy atom. The van der Waals surface area contributed by atoms with Gasteiger partial charge in [-0.05, 0) is 0 Å². The first-order valence-electron chi connectivity index (χ1n) is 3.24. The molecule has 72 valence electrons. The van der Waals surface area contributed by atoms with Crippen molar-refractivity contribution in [1.82, 2.24) is 4.98 Å². The maximum Gasteiger partial charge on any atom is 0.270 e. The van der Waals surface area contributed by atoms with E-state index in [0.717, 1.165) is 7.11 Å². The van der Waals surface area contributed by atoms with Crippen molar-refractivity contribution in [2.75, 3.05) is 7.11 Å². The summed E-state index contributed by atoms with van der Waals surface area (Å²) in [5.41, 5.74) is -1.10. The lowest BCUT2D eigenvalue weighted by Gasteiger charge is -2.07. The highest BCUT2D eigenvalue weighted by Crippen LogP contribution is 2.32. The van der Waals surface area contributed by atoms with Gasteiger partial charge in [-0.1, -0.05) is 0 Å². The normalized spacial score (nSPS) is 10.6. The molecule has 0 aliphatic carbocycles. The molecule has 1 aromatic rings. The molecule has 0 fully saturated rings. The van der Waals surface area contributed by atoms with Gasteiger partial charge in [-0.15, -0.1) is 0 Å². The first-order valence-corrected chi connectivity index (χ1v) is 3.24. The lowest BCUT2D eigenvalue weighted by molar-refractivity contribution is 0.140. The third kappa shape index (κ3) is 1.71. The van der Waals surface area contributed by atoms with E-state index in [4.69, 9.17) is 0 Å². The summed E-state index contributed by atoms with van der Waals surface area (Å²) in [5, 5.41) is 0. The number of pyridine rings is 1. The van der Waals surface area contributed by atoms with Crippen molar-refractivity contribution in [2.45, 2.75) is 6.43 Å². The van der Waals surface area contributed by atoms with Gasteiger partial charge in [0, 0.05) is 0 Å². The molecule has 0 unspecified atom stereocenters. The van der Waals surface area contributed by atoms with Crippen LogP contribution >= 0.6 is 0 Å². The molecule has 0 amide bonds. The van der Waals surface area contributed by atoms with E-state index < -0.39 is 29.5 Å². The third-order valence-corrected chi connectivity index (χ3v) is 1.40. The Kier molecular flexibility index (Phi) is 2.69.